The first-order chi connectivity index (χ1) is 8.20. The average Bonchev–Trinajstić information content (AvgIpc) is 2.74. The second kappa shape index (κ2) is 3.38. The molecule has 0 unspecified atom stereocenters. The lowest BCUT2D eigenvalue weighted by Crippen LogP contribution is -1.99. The van der Waals surface area contributed by atoms with Crippen LogP contribution in [0, 0.1) is 6.92 Å². The van der Waals surface area contributed by atoms with Gasteiger partial charge in [-0.05, 0) is 24.6 Å². The summed E-state index contributed by atoms with van der Waals surface area (Å²) < 4.78 is 15.8. The predicted octanol–water partition coefficient (Wildman–Crippen LogP) is 2.86. The first kappa shape index (κ1) is 9.96. The third-order valence-corrected chi connectivity index (χ3v) is 2.82. The molecule has 0 amide bonds. The van der Waals surface area contributed by atoms with Crippen LogP contribution in [-0.2, 0) is 0 Å². The van der Waals surface area contributed by atoms with E-state index in [1.165, 1.54) is 13.2 Å². The van der Waals surface area contributed by atoms with E-state index < -0.39 is 0 Å². The normalized spacial score (nSPS) is 11.2. The summed E-state index contributed by atoms with van der Waals surface area (Å²) in [4.78, 5) is 11.4. The molecular weight excluding hydrogens is 220 g/mol. The Morgan fingerprint density at radius 1 is 1.24 bits per heavy atom. The van der Waals surface area contributed by atoms with Crippen LogP contribution in [0.5, 0.6) is 5.75 Å². The van der Waals surface area contributed by atoms with Crippen molar-refractivity contribution in [3.63, 3.8) is 0 Å². The number of hydrogen-bond donors (Lipinski definition) is 0. The zero-order valence-electron chi connectivity index (χ0n) is 9.44. The van der Waals surface area contributed by atoms with Gasteiger partial charge in [-0.2, -0.15) is 0 Å². The van der Waals surface area contributed by atoms with Gasteiger partial charge in [0.2, 0.25) is 5.75 Å². The molecule has 0 aliphatic carbocycles. The first-order valence-electron chi connectivity index (χ1n) is 5.19. The van der Waals surface area contributed by atoms with Gasteiger partial charge in [-0.25, -0.2) is 4.79 Å². The molecule has 0 spiro atoms. The van der Waals surface area contributed by atoms with Crippen molar-refractivity contribution in [1.82, 2.24) is 0 Å². The molecular formula is C13H10O4. The summed E-state index contributed by atoms with van der Waals surface area (Å²) in [7, 11) is 1.53. The summed E-state index contributed by atoms with van der Waals surface area (Å²) >= 11 is 0. The molecule has 2 aromatic heterocycles. The molecule has 0 aliphatic rings. The molecule has 0 saturated heterocycles. The number of fused-ring (bicyclic) bond motifs is 2. The average molecular weight is 230 g/mol. The molecule has 2 heterocycles. The second-order valence-electron chi connectivity index (χ2n) is 3.87. The first-order valence-corrected chi connectivity index (χ1v) is 5.19. The maximum Gasteiger partial charge on any atom is 0.336 e. The van der Waals surface area contributed by atoms with Gasteiger partial charge in [0.05, 0.1) is 13.4 Å². The number of ether oxygens (including phenoxy) is 1. The summed E-state index contributed by atoms with van der Waals surface area (Å²) in [5, 5.41) is 1.78. The quantitative estimate of drug-likeness (QED) is 0.603. The van der Waals surface area contributed by atoms with Crippen molar-refractivity contribution >= 4 is 21.9 Å². The Balaban J connectivity index is 2.63. The van der Waals surface area contributed by atoms with E-state index >= 15 is 0 Å². The number of rotatable bonds is 1. The largest absolute Gasteiger partial charge is 0.490 e. The fraction of sp³-hybridized carbons (Fsp3) is 0.154. The highest BCUT2D eigenvalue weighted by atomic mass is 16.5. The molecule has 0 bridgehead atoms. The number of benzene rings is 1. The van der Waals surface area contributed by atoms with Crippen molar-refractivity contribution in [2.75, 3.05) is 7.11 Å². The van der Waals surface area contributed by atoms with Gasteiger partial charge in [0, 0.05) is 16.8 Å². The van der Waals surface area contributed by atoms with Crippen LogP contribution < -0.4 is 10.4 Å². The smallest absolute Gasteiger partial charge is 0.336 e. The second-order valence-corrected chi connectivity index (χ2v) is 3.87. The van der Waals surface area contributed by atoms with Crippen molar-refractivity contribution < 1.29 is 13.6 Å². The van der Waals surface area contributed by atoms with Crippen LogP contribution >= 0.6 is 0 Å². The monoisotopic (exact) mass is 230 g/mol. The summed E-state index contributed by atoms with van der Waals surface area (Å²) in [6.45, 7) is 1.87. The zero-order chi connectivity index (χ0) is 12.0. The summed E-state index contributed by atoms with van der Waals surface area (Å²) in [6.07, 6.45) is 1.58. The molecule has 17 heavy (non-hydrogen) atoms. The lowest BCUT2D eigenvalue weighted by Gasteiger charge is -2.06. The van der Waals surface area contributed by atoms with E-state index in [0.717, 1.165) is 16.3 Å². The van der Waals surface area contributed by atoms with E-state index in [0.29, 0.717) is 16.9 Å². The van der Waals surface area contributed by atoms with Crippen LogP contribution in [0.4, 0.5) is 0 Å². The van der Waals surface area contributed by atoms with Gasteiger partial charge in [0.15, 0.2) is 11.2 Å². The van der Waals surface area contributed by atoms with Gasteiger partial charge in [0.1, 0.15) is 0 Å². The third-order valence-electron chi connectivity index (χ3n) is 2.82. The molecule has 1 aromatic carbocycles. The zero-order valence-corrected chi connectivity index (χ0v) is 9.44. The molecule has 0 radical (unpaired) electrons. The molecule has 0 fully saturated rings. The van der Waals surface area contributed by atoms with Crippen molar-refractivity contribution in [3.05, 3.63) is 40.4 Å². The van der Waals surface area contributed by atoms with Crippen molar-refractivity contribution in [2.45, 2.75) is 6.92 Å². The van der Waals surface area contributed by atoms with Gasteiger partial charge < -0.3 is 13.6 Å². The van der Waals surface area contributed by atoms with E-state index in [2.05, 4.69) is 0 Å². The van der Waals surface area contributed by atoms with Crippen LogP contribution in [0.25, 0.3) is 21.9 Å². The fourth-order valence-corrected chi connectivity index (χ4v) is 2.03. The lowest BCUT2D eigenvalue weighted by atomic mass is 10.1. The van der Waals surface area contributed by atoms with Crippen LogP contribution in [0.1, 0.15) is 5.56 Å². The van der Waals surface area contributed by atoms with E-state index in [4.69, 9.17) is 13.6 Å². The van der Waals surface area contributed by atoms with Crippen molar-refractivity contribution in [2.24, 2.45) is 0 Å². The van der Waals surface area contributed by atoms with Crippen LogP contribution in [0.3, 0.4) is 0 Å². The topological polar surface area (TPSA) is 52.6 Å². The van der Waals surface area contributed by atoms with Crippen LogP contribution in [-0.4, -0.2) is 7.11 Å². The highest BCUT2D eigenvalue weighted by Gasteiger charge is 2.14. The molecule has 3 rings (SSSR count). The lowest BCUT2D eigenvalue weighted by molar-refractivity contribution is 0.402. The van der Waals surface area contributed by atoms with Crippen LogP contribution in [0.15, 0.2) is 38.1 Å². The van der Waals surface area contributed by atoms with E-state index in [-0.39, 0.29) is 5.63 Å². The van der Waals surface area contributed by atoms with Crippen molar-refractivity contribution in [1.29, 1.82) is 0 Å². The Hall–Kier alpha value is -2.23. The van der Waals surface area contributed by atoms with Gasteiger partial charge in [-0.15, -0.1) is 0 Å². The highest BCUT2D eigenvalue weighted by Crippen LogP contribution is 2.35. The molecule has 0 saturated carbocycles. The Morgan fingerprint density at radius 3 is 2.82 bits per heavy atom. The maximum atomic E-state index is 11.4. The molecule has 0 N–H and O–H groups in total. The Labute approximate surface area is 96.4 Å². The SMILES string of the molecule is COc1c2occc2cc2c(C)cc(=O)oc12. The summed E-state index contributed by atoms with van der Waals surface area (Å²) in [6, 6.07) is 5.24. The summed E-state index contributed by atoms with van der Waals surface area (Å²) in [5.74, 6) is 0.461. The number of methoxy groups -OCH3 is 1. The Bertz CT molecular complexity index is 764. The molecule has 0 atom stereocenters. The maximum absolute atomic E-state index is 11.4. The summed E-state index contributed by atoms with van der Waals surface area (Å²) in [5.41, 5.74) is 1.49. The van der Waals surface area contributed by atoms with E-state index in [9.17, 15) is 4.79 Å². The minimum absolute atomic E-state index is 0.390. The predicted molar refractivity (Wildman–Crippen MR) is 63.5 cm³/mol. The highest BCUT2D eigenvalue weighted by molar-refractivity contribution is 6.01. The number of hydrogen-bond acceptors (Lipinski definition) is 4. The number of furan rings is 1. The van der Waals surface area contributed by atoms with Gasteiger partial charge >= 0.3 is 5.63 Å². The molecule has 3 aromatic rings. The standard InChI is InChI=1S/C13H10O4/c1-7-5-10(14)17-12-9(7)6-8-3-4-16-11(8)13(12)15-2/h3-6H,1-2H3. The van der Waals surface area contributed by atoms with Gasteiger partial charge in [-0.1, -0.05) is 0 Å². The molecule has 4 nitrogen and oxygen atoms in total. The molecule has 4 heteroatoms. The fourth-order valence-electron chi connectivity index (χ4n) is 2.03. The minimum atomic E-state index is -0.390. The Morgan fingerprint density at radius 2 is 2.06 bits per heavy atom. The number of aryl methyl sites for hydroxylation is 1. The molecule has 0 aliphatic heterocycles. The third kappa shape index (κ3) is 1.34. The van der Waals surface area contributed by atoms with E-state index in [1.807, 2.05) is 19.1 Å². The molecule has 86 valence electrons. The van der Waals surface area contributed by atoms with Gasteiger partial charge in [-0.3, -0.25) is 0 Å². The minimum Gasteiger partial charge on any atom is -0.490 e. The van der Waals surface area contributed by atoms with Crippen LogP contribution in [0.2, 0.25) is 0 Å². The van der Waals surface area contributed by atoms with E-state index in [1.54, 1.807) is 6.26 Å². The van der Waals surface area contributed by atoms with Gasteiger partial charge in [0.25, 0.3) is 0 Å². The van der Waals surface area contributed by atoms with Crippen molar-refractivity contribution in [3.8, 4) is 5.75 Å². The Kier molecular flexibility index (Phi) is 1.98.